The van der Waals surface area contributed by atoms with Gasteiger partial charge in [0, 0.05) is 24.7 Å². The summed E-state index contributed by atoms with van der Waals surface area (Å²) in [5.74, 6) is 1.42. The number of hydrogen-bond acceptors (Lipinski definition) is 6. The highest BCUT2D eigenvalue weighted by atomic mass is 32.2. The van der Waals surface area contributed by atoms with E-state index in [9.17, 15) is 22.8 Å². The molecule has 11 heteroatoms. The van der Waals surface area contributed by atoms with E-state index >= 15 is 0 Å². The number of nitrogens with one attached hydrogen (secondary N) is 2. The first-order valence-corrected chi connectivity index (χ1v) is 15.8. The van der Waals surface area contributed by atoms with Crippen LogP contribution in [0.3, 0.4) is 0 Å². The molecule has 2 saturated heterocycles. The summed E-state index contributed by atoms with van der Waals surface area (Å²) in [7, 11) is -3.52. The Morgan fingerprint density at radius 3 is 2.33 bits per heavy atom. The van der Waals surface area contributed by atoms with Crippen LogP contribution in [0.25, 0.3) is 0 Å². The van der Waals surface area contributed by atoms with Gasteiger partial charge >= 0.3 is 6.03 Å². The molecule has 3 aliphatic heterocycles. The summed E-state index contributed by atoms with van der Waals surface area (Å²) in [6.45, 7) is 6.33. The highest BCUT2D eigenvalue weighted by Crippen LogP contribution is 2.36. The molecule has 0 aromatic heterocycles. The number of hydrogen-bond donors (Lipinski definition) is 2. The number of imide groups is 1. The van der Waals surface area contributed by atoms with Gasteiger partial charge in [-0.15, -0.1) is 0 Å². The smallest absolute Gasteiger partial charge is 0.312 e. The molecule has 4 aliphatic rings. The predicted octanol–water partition coefficient (Wildman–Crippen LogP) is 2.89. The molecule has 0 bridgehead atoms. The Labute approximate surface area is 230 Å². The summed E-state index contributed by atoms with van der Waals surface area (Å²) in [5, 5.41) is 5.36. The van der Waals surface area contributed by atoms with E-state index in [1.807, 2.05) is 19.1 Å². The van der Waals surface area contributed by atoms with Crippen molar-refractivity contribution in [2.75, 3.05) is 23.7 Å². The van der Waals surface area contributed by atoms with Gasteiger partial charge in [-0.25, -0.2) is 17.5 Å². The monoisotopic (exact) mass is 557 g/mol. The third-order valence-electron chi connectivity index (χ3n) is 9.20. The molecule has 1 unspecified atom stereocenters. The quantitative estimate of drug-likeness (QED) is 0.498. The van der Waals surface area contributed by atoms with Crippen LogP contribution in [0.2, 0.25) is 0 Å². The molecule has 4 amide bonds. The molecule has 1 atom stereocenters. The summed E-state index contributed by atoms with van der Waals surface area (Å²) in [5.41, 5.74) is 1.49. The topological polar surface area (TPSA) is 128 Å². The van der Waals surface area contributed by atoms with Gasteiger partial charge in [0.25, 0.3) is 11.8 Å². The number of piperidine rings is 1. The molecule has 2 N–H and O–H groups in total. The van der Waals surface area contributed by atoms with E-state index in [2.05, 4.69) is 17.6 Å². The maximum Gasteiger partial charge on any atom is 0.329 e. The van der Waals surface area contributed by atoms with Gasteiger partial charge in [-0.05, 0) is 88.0 Å². The van der Waals surface area contributed by atoms with E-state index in [1.54, 1.807) is 13.0 Å². The normalized spacial score (nSPS) is 27.6. The minimum atomic E-state index is -3.52. The summed E-state index contributed by atoms with van der Waals surface area (Å²) in [4.78, 5) is 43.2. The molecule has 212 valence electrons. The van der Waals surface area contributed by atoms with E-state index < -0.39 is 27.6 Å². The number of carbonyl (C=O) groups is 3. The first-order valence-electron chi connectivity index (χ1n) is 14.2. The Hall–Kier alpha value is -2.79. The first kappa shape index (κ1) is 27.8. The zero-order chi connectivity index (χ0) is 27.9. The number of rotatable bonds is 7. The Morgan fingerprint density at radius 1 is 1.05 bits per heavy atom. The number of carbonyl (C=O) groups excluding carboxylic acids is 3. The van der Waals surface area contributed by atoms with E-state index in [4.69, 9.17) is 4.99 Å². The molecule has 3 heterocycles. The highest BCUT2D eigenvalue weighted by Gasteiger charge is 2.48. The average Bonchev–Trinajstić information content (AvgIpc) is 3.37. The number of urea groups is 1. The summed E-state index contributed by atoms with van der Waals surface area (Å²) in [6.07, 6.45) is 6.77. The minimum absolute atomic E-state index is 0.0410. The van der Waals surface area contributed by atoms with Crippen LogP contribution in [-0.4, -0.2) is 66.8 Å². The lowest BCUT2D eigenvalue weighted by atomic mass is 9.80. The van der Waals surface area contributed by atoms with Crippen LogP contribution in [-0.2, 0) is 26.0 Å². The number of benzene rings is 1. The van der Waals surface area contributed by atoms with Gasteiger partial charge in [-0.2, -0.15) is 0 Å². The molecular weight excluding hydrogens is 518 g/mol. The van der Waals surface area contributed by atoms with Crippen molar-refractivity contribution in [2.45, 2.75) is 83.7 Å². The molecule has 1 spiro atoms. The minimum Gasteiger partial charge on any atom is -0.312 e. The van der Waals surface area contributed by atoms with Gasteiger partial charge in [0.2, 0.25) is 10.0 Å². The standard InChI is InChI=1S/C28H39N5O5S/c1-4-20-5-7-22(8-6-20)24-29-26(35)28(31-24)12-14-32(15-13-28)39(37,38)16-11-21-9-10-23(17-18(21)2)33-19(3)25(34)30-27(33)36/h9-10,17,19-20,22H,4-8,11-16H2,1-3H3,(H,29,31,35)(H,30,34,36). The third-order valence-corrected chi connectivity index (χ3v) is 11.1. The second kappa shape index (κ2) is 10.6. The number of nitrogens with zero attached hydrogens (tertiary/aromatic N) is 3. The van der Waals surface area contributed by atoms with Crippen molar-refractivity contribution in [3.63, 3.8) is 0 Å². The summed E-state index contributed by atoms with van der Waals surface area (Å²) in [6, 6.07) is 4.33. The van der Waals surface area contributed by atoms with E-state index in [1.165, 1.54) is 28.5 Å². The van der Waals surface area contributed by atoms with E-state index in [0.29, 0.717) is 30.9 Å². The van der Waals surface area contributed by atoms with Crippen molar-refractivity contribution in [1.29, 1.82) is 0 Å². The fourth-order valence-electron chi connectivity index (χ4n) is 6.44. The lowest BCUT2D eigenvalue weighted by Gasteiger charge is -2.34. The van der Waals surface area contributed by atoms with Crippen molar-refractivity contribution in [3.8, 4) is 0 Å². The fraction of sp³-hybridized carbons (Fsp3) is 0.643. The number of sulfonamides is 1. The SMILES string of the molecule is CCC1CCC(C2=NC3(CCN(S(=O)(=O)CCc4ccc(N5C(=O)NC(=O)C5C)cc4C)CC3)C(=O)N2)CC1. The van der Waals surface area contributed by atoms with Crippen LogP contribution in [0.5, 0.6) is 0 Å². The van der Waals surface area contributed by atoms with Crippen LogP contribution in [0.15, 0.2) is 23.2 Å². The van der Waals surface area contributed by atoms with Crippen LogP contribution in [0, 0.1) is 18.8 Å². The van der Waals surface area contributed by atoms with Crippen LogP contribution < -0.4 is 15.5 Å². The Morgan fingerprint density at radius 2 is 1.74 bits per heavy atom. The number of amidine groups is 1. The zero-order valence-electron chi connectivity index (χ0n) is 23.0. The van der Waals surface area contributed by atoms with Gasteiger partial charge in [0.05, 0.1) is 5.75 Å². The van der Waals surface area contributed by atoms with Crippen LogP contribution in [0.1, 0.15) is 69.9 Å². The second-order valence-electron chi connectivity index (χ2n) is 11.5. The molecule has 10 nitrogen and oxygen atoms in total. The van der Waals surface area contributed by atoms with Crippen molar-refractivity contribution in [2.24, 2.45) is 16.8 Å². The molecule has 1 saturated carbocycles. The van der Waals surface area contributed by atoms with Crippen molar-refractivity contribution < 1.29 is 22.8 Å². The maximum absolute atomic E-state index is 13.2. The summed E-state index contributed by atoms with van der Waals surface area (Å²) < 4.78 is 27.9. The summed E-state index contributed by atoms with van der Waals surface area (Å²) >= 11 is 0. The van der Waals surface area contributed by atoms with Crippen LogP contribution >= 0.6 is 0 Å². The van der Waals surface area contributed by atoms with Crippen molar-refractivity contribution >= 4 is 39.4 Å². The van der Waals surface area contributed by atoms with Gasteiger partial charge < -0.3 is 5.32 Å². The highest BCUT2D eigenvalue weighted by molar-refractivity contribution is 7.89. The van der Waals surface area contributed by atoms with E-state index in [-0.39, 0.29) is 30.7 Å². The Bertz CT molecular complexity index is 1290. The van der Waals surface area contributed by atoms with Gasteiger partial charge in [0.15, 0.2) is 0 Å². The molecule has 1 aromatic carbocycles. The van der Waals surface area contributed by atoms with Crippen LogP contribution in [0.4, 0.5) is 10.5 Å². The van der Waals surface area contributed by atoms with Gasteiger partial charge in [0.1, 0.15) is 17.4 Å². The molecule has 0 radical (unpaired) electrons. The number of aliphatic imine (C=N–C) groups is 1. The Kier molecular flexibility index (Phi) is 7.58. The van der Waals surface area contributed by atoms with Crippen molar-refractivity contribution in [3.05, 3.63) is 29.3 Å². The largest absolute Gasteiger partial charge is 0.329 e. The molecular formula is C28H39N5O5S. The maximum atomic E-state index is 13.2. The number of aryl methyl sites for hydroxylation is 2. The number of anilines is 1. The number of amides is 4. The van der Waals surface area contributed by atoms with E-state index in [0.717, 1.165) is 35.7 Å². The predicted molar refractivity (Wildman–Crippen MR) is 149 cm³/mol. The zero-order valence-corrected chi connectivity index (χ0v) is 23.8. The molecule has 39 heavy (non-hydrogen) atoms. The first-order chi connectivity index (χ1) is 18.5. The average molecular weight is 558 g/mol. The lowest BCUT2D eigenvalue weighted by Crippen LogP contribution is -2.51. The lowest BCUT2D eigenvalue weighted by molar-refractivity contribution is -0.125. The van der Waals surface area contributed by atoms with Crippen molar-refractivity contribution in [1.82, 2.24) is 14.9 Å². The molecule has 1 aromatic rings. The molecule has 5 rings (SSSR count). The fourth-order valence-corrected chi connectivity index (χ4v) is 7.91. The Balaban J connectivity index is 1.18. The van der Waals surface area contributed by atoms with Gasteiger partial charge in [-0.3, -0.25) is 24.8 Å². The molecule has 1 aliphatic carbocycles. The second-order valence-corrected chi connectivity index (χ2v) is 13.6. The molecule has 3 fully saturated rings. The third kappa shape index (κ3) is 5.35. The van der Waals surface area contributed by atoms with Gasteiger partial charge in [-0.1, -0.05) is 19.4 Å².